The Balaban J connectivity index is 1.78. The van der Waals surface area contributed by atoms with Crippen molar-refractivity contribution in [3.05, 3.63) is 53.6 Å². The van der Waals surface area contributed by atoms with Gasteiger partial charge < -0.3 is 24.9 Å². The second-order valence-corrected chi connectivity index (χ2v) is 6.66. The number of carbonyl (C=O) groups is 1. The van der Waals surface area contributed by atoms with Gasteiger partial charge in [-0.3, -0.25) is 4.79 Å². The Morgan fingerprint density at radius 3 is 2.50 bits per heavy atom. The summed E-state index contributed by atoms with van der Waals surface area (Å²) < 4.78 is 12.4. The molecular weight excluding hydrogens is 358 g/mol. The number of hydrogen-bond acceptors (Lipinski definition) is 6. The topological polar surface area (TPSA) is 76.0 Å². The molecule has 0 atom stereocenters. The van der Waals surface area contributed by atoms with Crippen LogP contribution in [-0.4, -0.2) is 56.0 Å². The van der Waals surface area contributed by atoms with Gasteiger partial charge in [0.15, 0.2) is 17.3 Å². The highest BCUT2D eigenvalue weighted by Crippen LogP contribution is 2.32. The van der Waals surface area contributed by atoms with Crippen molar-refractivity contribution in [2.75, 3.05) is 45.4 Å². The molecule has 7 heteroatoms. The zero-order chi connectivity index (χ0) is 19.7. The van der Waals surface area contributed by atoms with Crippen LogP contribution in [0, 0.1) is 0 Å². The van der Waals surface area contributed by atoms with E-state index in [1.54, 1.807) is 49.2 Å². The molecule has 7 nitrogen and oxygen atoms in total. The molecule has 0 saturated carbocycles. The lowest BCUT2D eigenvalue weighted by Crippen LogP contribution is -2.48. The second kappa shape index (κ2) is 7.44. The molecule has 2 heterocycles. The van der Waals surface area contributed by atoms with Crippen LogP contribution >= 0.6 is 0 Å². The summed E-state index contributed by atoms with van der Waals surface area (Å²) >= 11 is 0. The number of nitrogens with one attached hydrogen (secondary N) is 1. The number of hydrogen-bond donors (Lipinski definition) is 2. The number of rotatable bonds is 5. The molecule has 1 fully saturated rings. The summed E-state index contributed by atoms with van der Waals surface area (Å²) in [6, 6.07) is 12.3. The predicted octanol–water partition coefficient (Wildman–Crippen LogP) is 2.14. The molecule has 0 bridgehead atoms. The van der Waals surface area contributed by atoms with Gasteiger partial charge in [0.1, 0.15) is 0 Å². The fourth-order valence-corrected chi connectivity index (χ4v) is 3.68. The van der Waals surface area contributed by atoms with Gasteiger partial charge in [0, 0.05) is 48.8 Å². The molecule has 0 spiro atoms. The number of ketones is 1. The monoisotopic (exact) mass is 381 g/mol. The van der Waals surface area contributed by atoms with Gasteiger partial charge in [-0.25, -0.2) is 4.68 Å². The minimum Gasteiger partial charge on any atom is -0.493 e. The van der Waals surface area contributed by atoms with Gasteiger partial charge in [-0.2, -0.15) is 0 Å². The highest BCUT2D eigenvalue weighted by Gasteiger charge is 2.21. The van der Waals surface area contributed by atoms with Gasteiger partial charge in [-0.05, 0) is 24.3 Å². The van der Waals surface area contributed by atoms with Gasteiger partial charge in [0.2, 0.25) is 5.88 Å². The van der Waals surface area contributed by atoms with Crippen molar-refractivity contribution < 1.29 is 19.4 Å². The predicted molar refractivity (Wildman–Crippen MR) is 107 cm³/mol. The smallest absolute Gasteiger partial charge is 0.211 e. The van der Waals surface area contributed by atoms with Crippen LogP contribution in [0.1, 0.15) is 15.9 Å². The number of benzene rings is 2. The average Bonchev–Trinajstić information content (AvgIpc) is 3.09. The zero-order valence-corrected chi connectivity index (χ0v) is 15.9. The van der Waals surface area contributed by atoms with E-state index in [9.17, 15) is 9.90 Å². The molecule has 1 saturated heterocycles. The largest absolute Gasteiger partial charge is 0.493 e. The fourth-order valence-electron chi connectivity index (χ4n) is 3.68. The Hall–Kier alpha value is -3.19. The number of fused-ring (bicyclic) bond motifs is 1. The third-order valence-corrected chi connectivity index (χ3v) is 5.07. The lowest BCUT2D eigenvalue weighted by atomic mass is 10.00. The first-order chi connectivity index (χ1) is 13.6. The second-order valence-electron chi connectivity index (χ2n) is 6.66. The number of aromatic nitrogens is 1. The van der Waals surface area contributed by atoms with Crippen molar-refractivity contribution in [3.8, 4) is 17.4 Å². The zero-order valence-electron chi connectivity index (χ0n) is 15.9. The van der Waals surface area contributed by atoms with Crippen LogP contribution < -0.4 is 19.8 Å². The Bertz CT molecular complexity index is 1020. The van der Waals surface area contributed by atoms with Crippen LogP contribution in [0.3, 0.4) is 0 Å². The molecule has 146 valence electrons. The number of carbonyl (C=O) groups excluding carboxylic acids is 1. The highest BCUT2D eigenvalue weighted by atomic mass is 16.5. The van der Waals surface area contributed by atoms with E-state index in [0.29, 0.717) is 22.6 Å². The summed E-state index contributed by atoms with van der Waals surface area (Å²) in [5, 5.41) is 16.7. The molecule has 4 rings (SSSR count). The van der Waals surface area contributed by atoms with Gasteiger partial charge >= 0.3 is 0 Å². The van der Waals surface area contributed by atoms with Crippen LogP contribution in [0.5, 0.6) is 17.4 Å². The molecular formula is C21H23N3O4. The van der Waals surface area contributed by atoms with Crippen molar-refractivity contribution in [3.63, 3.8) is 0 Å². The van der Waals surface area contributed by atoms with E-state index >= 15 is 0 Å². The summed E-state index contributed by atoms with van der Waals surface area (Å²) in [6.07, 6.45) is 0. The molecule has 2 aromatic carbocycles. The minimum atomic E-state index is -0.135. The summed E-state index contributed by atoms with van der Waals surface area (Å²) in [5.41, 5.74) is 1.85. The first kappa shape index (κ1) is 18.2. The van der Waals surface area contributed by atoms with Crippen LogP contribution in [0.25, 0.3) is 10.9 Å². The molecule has 1 aromatic heterocycles. The Labute approximate surface area is 163 Å². The van der Waals surface area contributed by atoms with Gasteiger partial charge in [0.05, 0.1) is 19.7 Å². The van der Waals surface area contributed by atoms with Gasteiger partial charge in [0.25, 0.3) is 0 Å². The molecule has 1 aliphatic heterocycles. The highest BCUT2D eigenvalue weighted by molar-refractivity contribution is 6.16. The number of ether oxygens (including phenoxy) is 2. The minimum absolute atomic E-state index is 0.129. The van der Waals surface area contributed by atoms with Gasteiger partial charge in [-0.15, -0.1) is 0 Å². The Kier molecular flexibility index (Phi) is 4.83. The van der Waals surface area contributed by atoms with E-state index < -0.39 is 0 Å². The van der Waals surface area contributed by atoms with Crippen molar-refractivity contribution in [1.82, 2.24) is 9.99 Å². The SMILES string of the molecule is COc1ccc(C(=O)c2cccc3c2cc(O)n3N2CCNCC2)cc1OC. The third kappa shape index (κ3) is 3.03. The number of piperazine rings is 1. The third-order valence-electron chi connectivity index (χ3n) is 5.07. The van der Waals surface area contributed by atoms with Crippen molar-refractivity contribution in [1.29, 1.82) is 0 Å². The van der Waals surface area contributed by atoms with Crippen molar-refractivity contribution in [2.45, 2.75) is 0 Å². The fraction of sp³-hybridized carbons (Fsp3) is 0.286. The van der Waals surface area contributed by atoms with Gasteiger partial charge in [-0.1, -0.05) is 12.1 Å². The number of methoxy groups -OCH3 is 2. The van der Waals surface area contributed by atoms with Crippen molar-refractivity contribution in [2.24, 2.45) is 0 Å². The maximum absolute atomic E-state index is 13.2. The summed E-state index contributed by atoms with van der Waals surface area (Å²) in [6.45, 7) is 3.27. The molecule has 0 unspecified atom stereocenters. The van der Waals surface area contributed by atoms with Crippen LogP contribution in [-0.2, 0) is 0 Å². The molecule has 3 aromatic rings. The maximum Gasteiger partial charge on any atom is 0.211 e. The number of aromatic hydroxyl groups is 1. The first-order valence-electron chi connectivity index (χ1n) is 9.20. The summed E-state index contributed by atoms with van der Waals surface area (Å²) in [5.74, 6) is 1.06. The lowest BCUT2D eigenvalue weighted by molar-refractivity contribution is 0.104. The average molecular weight is 381 g/mol. The van der Waals surface area contributed by atoms with E-state index in [2.05, 4.69) is 10.3 Å². The standard InChI is InChI=1S/C21H23N3O4/c1-27-18-7-6-14(12-19(18)28-2)21(26)15-4-3-5-17-16(15)13-20(25)24(17)23-10-8-22-9-11-23/h3-7,12-13,22,25H,8-11H2,1-2H3. The van der Waals surface area contributed by atoms with Crippen LogP contribution in [0.2, 0.25) is 0 Å². The first-order valence-corrected chi connectivity index (χ1v) is 9.20. The van der Waals surface area contributed by atoms with Crippen molar-refractivity contribution >= 4 is 16.7 Å². The molecule has 0 aliphatic carbocycles. The molecule has 28 heavy (non-hydrogen) atoms. The van der Waals surface area contributed by atoms with E-state index in [4.69, 9.17) is 9.47 Å². The van der Waals surface area contributed by atoms with Crippen LogP contribution in [0.15, 0.2) is 42.5 Å². The quantitative estimate of drug-likeness (QED) is 0.660. The molecule has 2 N–H and O–H groups in total. The molecule has 0 radical (unpaired) electrons. The molecule has 0 amide bonds. The van der Waals surface area contributed by atoms with E-state index in [1.807, 2.05) is 12.1 Å². The Morgan fingerprint density at radius 1 is 1.04 bits per heavy atom. The van der Waals surface area contributed by atoms with E-state index in [0.717, 1.165) is 37.1 Å². The summed E-state index contributed by atoms with van der Waals surface area (Å²) in [4.78, 5) is 13.2. The lowest BCUT2D eigenvalue weighted by Gasteiger charge is -2.31. The Morgan fingerprint density at radius 2 is 1.79 bits per heavy atom. The maximum atomic E-state index is 13.2. The van der Waals surface area contributed by atoms with E-state index in [1.165, 1.54) is 0 Å². The van der Waals surface area contributed by atoms with E-state index in [-0.39, 0.29) is 11.7 Å². The van der Waals surface area contributed by atoms with Crippen LogP contribution in [0.4, 0.5) is 0 Å². The normalized spacial score (nSPS) is 14.3. The summed E-state index contributed by atoms with van der Waals surface area (Å²) in [7, 11) is 3.10. The molecule has 1 aliphatic rings. The number of nitrogens with zero attached hydrogens (tertiary/aromatic N) is 2.